The second-order valence-electron chi connectivity index (χ2n) is 9.48. The van der Waals surface area contributed by atoms with E-state index in [4.69, 9.17) is 21.7 Å². The number of rotatable bonds is 4. The van der Waals surface area contributed by atoms with Gasteiger partial charge < -0.3 is 4.90 Å². The molecule has 1 aliphatic carbocycles. The molecule has 34 heavy (non-hydrogen) atoms. The second kappa shape index (κ2) is 9.40. The van der Waals surface area contributed by atoms with Crippen molar-refractivity contribution in [2.45, 2.75) is 38.1 Å². The average molecular weight is 472 g/mol. The molecule has 2 aromatic heterocycles. The highest BCUT2D eigenvalue weighted by Gasteiger charge is 2.27. The molecule has 0 radical (unpaired) electrons. The minimum Gasteiger partial charge on any atom is -0.354 e. The van der Waals surface area contributed by atoms with Gasteiger partial charge in [-0.15, -0.1) is 0 Å². The number of hydrogen-bond acceptors (Lipinski definition) is 4. The molecule has 2 aromatic carbocycles. The van der Waals surface area contributed by atoms with E-state index in [0.29, 0.717) is 0 Å². The van der Waals surface area contributed by atoms with Crippen molar-refractivity contribution in [3.63, 3.8) is 0 Å². The Morgan fingerprint density at radius 1 is 0.794 bits per heavy atom. The Hall–Kier alpha value is -2.89. The van der Waals surface area contributed by atoms with Crippen molar-refractivity contribution >= 4 is 23.1 Å². The summed E-state index contributed by atoms with van der Waals surface area (Å²) in [5.41, 5.74) is 5.08. The third-order valence-corrected chi connectivity index (χ3v) is 7.66. The van der Waals surface area contributed by atoms with E-state index in [2.05, 4.69) is 40.1 Å². The summed E-state index contributed by atoms with van der Waals surface area (Å²) >= 11 is 6.14. The van der Waals surface area contributed by atoms with Crippen LogP contribution in [-0.4, -0.2) is 51.7 Å². The first-order valence-corrected chi connectivity index (χ1v) is 12.8. The molecule has 0 N–H and O–H groups in total. The minimum absolute atomic E-state index is 0.731. The highest BCUT2D eigenvalue weighted by molar-refractivity contribution is 6.30. The van der Waals surface area contributed by atoms with Crippen LogP contribution in [0.1, 0.15) is 32.1 Å². The van der Waals surface area contributed by atoms with Crippen molar-refractivity contribution in [2.24, 2.45) is 0 Å². The Kier molecular flexibility index (Phi) is 5.98. The monoisotopic (exact) mass is 471 g/mol. The summed E-state index contributed by atoms with van der Waals surface area (Å²) < 4.78 is 2.02. The number of hydrogen-bond donors (Lipinski definition) is 0. The standard InChI is InChI=1S/C28H30ClN5/c29-23-13-11-21(12-14-23)25-20-30-34-27(19-26(31-28(25)34)22-7-3-1-4-8-22)33-17-15-32(16-18-33)24-9-5-2-6-10-24/h1,3-4,7-8,11-14,19-20,24H,2,5-6,9-10,15-18H2. The largest absolute Gasteiger partial charge is 0.354 e. The highest BCUT2D eigenvalue weighted by Crippen LogP contribution is 2.32. The molecule has 5 nitrogen and oxygen atoms in total. The summed E-state index contributed by atoms with van der Waals surface area (Å²) in [5, 5.41) is 5.53. The van der Waals surface area contributed by atoms with Crippen molar-refractivity contribution in [1.82, 2.24) is 19.5 Å². The molecule has 2 aliphatic rings. The van der Waals surface area contributed by atoms with Crippen LogP contribution < -0.4 is 4.90 Å². The van der Waals surface area contributed by atoms with Gasteiger partial charge in [-0.25, -0.2) is 4.98 Å². The van der Waals surface area contributed by atoms with Crippen molar-refractivity contribution in [3.8, 4) is 22.4 Å². The lowest BCUT2D eigenvalue weighted by Crippen LogP contribution is -2.51. The maximum Gasteiger partial charge on any atom is 0.165 e. The van der Waals surface area contributed by atoms with Gasteiger partial charge in [0.25, 0.3) is 0 Å². The molecular formula is C28H30ClN5. The van der Waals surface area contributed by atoms with E-state index in [1.807, 2.05) is 41.0 Å². The van der Waals surface area contributed by atoms with Crippen LogP contribution in [0, 0.1) is 0 Å². The van der Waals surface area contributed by atoms with Crippen LogP contribution in [0.2, 0.25) is 5.02 Å². The lowest BCUT2D eigenvalue weighted by atomic mass is 9.94. The van der Waals surface area contributed by atoms with Gasteiger partial charge in [-0.1, -0.05) is 73.3 Å². The molecule has 1 saturated carbocycles. The molecule has 6 rings (SSSR count). The molecule has 0 bridgehead atoms. The summed E-state index contributed by atoms with van der Waals surface area (Å²) in [6.07, 6.45) is 8.84. The average Bonchev–Trinajstić information content (AvgIpc) is 3.34. The van der Waals surface area contributed by atoms with E-state index in [0.717, 1.165) is 71.1 Å². The SMILES string of the molecule is Clc1ccc(-c2cnn3c(N4CCN(C5CCCCC5)CC4)cc(-c4ccccc4)nc23)cc1. The van der Waals surface area contributed by atoms with E-state index in [-0.39, 0.29) is 0 Å². The van der Waals surface area contributed by atoms with Gasteiger partial charge in [0.05, 0.1) is 11.9 Å². The van der Waals surface area contributed by atoms with E-state index < -0.39 is 0 Å². The van der Waals surface area contributed by atoms with E-state index in [1.165, 1.54) is 32.1 Å². The van der Waals surface area contributed by atoms with Crippen LogP contribution in [0.4, 0.5) is 5.82 Å². The first-order valence-electron chi connectivity index (χ1n) is 12.5. The summed E-state index contributed by atoms with van der Waals surface area (Å²) in [5.74, 6) is 1.12. The lowest BCUT2D eigenvalue weighted by Gasteiger charge is -2.41. The van der Waals surface area contributed by atoms with Gasteiger partial charge in [0.1, 0.15) is 5.82 Å². The fourth-order valence-corrected chi connectivity index (χ4v) is 5.65. The van der Waals surface area contributed by atoms with Gasteiger partial charge in [0.15, 0.2) is 5.65 Å². The molecule has 174 valence electrons. The van der Waals surface area contributed by atoms with Crippen LogP contribution in [0.3, 0.4) is 0 Å². The van der Waals surface area contributed by atoms with Crippen molar-refractivity contribution in [1.29, 1.82) is 0 Å². The smallest absolute Gasteiger partial charge is 0.165 e. The number of benzene rings is 2. The Morgan fingerprint density at radius 2 is 1.53 bits per heavy atom. The molecule has 4 aromatic rings. The molecule has 1 saturated heterocycles. The van der Waals surface area contributed by atoms with Crippen LogP contribution in [-0.2, 0) is 0 Å². The van der Waals surface area contributed by atoms with Crippen LogP contribution >= 0.6 is 11.6 Å². The topological polar surface area (TPSA) is 36.7 Å². The number of halogens is 1. The number of nitrogens with zero attached hydrogens (tertiary/aromatic N) is 5. The molecule has 2 fully saturated rings. The first kappa shape index (κ1) is 21.6. The number of aromatic nitrogens is 3. The minimum atomic E-state index is 0.731. The molecule has 1 aliphatic heterocycles. The van der Waals surface area contributed by atoms with E-state index in [9.17, 15) is 0 Å². The summed E-state index contributed by atoms with van der Waals surface area (Å²) in [6.45, 7) is 4.25. The van der Waals surface area contributed by atoms with Crippen LogP contribution in [0.5, 0.6) is 0 Å². The predicted octanol–water partition coefficient (Wildman–Crippen LogP) is 6.17. The van der Waals surface area contributed by atoms with E-state index in [1.54, 1.807) is 0 Å². The van der Waals surface area contributed by atoms with Gasteiger partial charge in [-0.3, -0.25) is 4.90 Å². The molecular weight excluding hydrogens is 442 g/mol. The Labute approximate surface area is 206 Å². The molecule has 0 spiro atoms. The molecule has 0 atom stereocenters. The molecule has 3 heterocycles. The van der Waals surface area contributed by atoms with Crippen molar-refractivity contribution in [2.75, 3.05) is 31.1 Å². The van der Waals surface area contributed by atoms with Gasteiger partial charge in [-0.05, 0) is 30.5 Å². The Morgan fingerprint density at radius 3 is 2.26 bits per heavy atom. The van der Waals surface area contributed by atoms with Crippen molar-refractivity contribution < 1.29 is 0 Å². The molecule has 0 amide bonds. The normalized spacial score (nSPS) is 18.0. The van der Waals surface area contributed by atoms with Gasteiger partial charge >= 0.3 is 0 Å². The van der Waals surface area contributed by atoms with Crippen LogP contribution in [0.25, 0.3) is 28.0 Å². The Balaban J connectivity index is 1.38. The number of fused-ring (bicyclic) bond motifs is 1. The third-order valence-electron chi connectivity index (χ3n) is 7.41. The Bertz CT molecular complexity index is 1250. The zero-order valence-electron chi connectivity index (χ0n) is 19.4. The maximum atomic E-state index is 6.14. The predicted molar refractivity (Wildman–Crippen MR) is 140 cm³/mol. The summed E-state index contributed by atoms with van der Waals surface area (Å²) in [4.78, 5) is 10.3. The van der Waals surface area contributed by atoms with E-state index >= 15 is 0 Å². The highest BCUT2D eigenvalue weighted by atomic mass is 35.5. The summed E-state index contributed by atoms with van der Waals surface area (Å²) in [6, 6.07) is 21.3. The number of piperazine rings is 1. The zero-order valence-corrected chi connectivity index (χ0v) is 20.2. The third kappa shape index (κ3) is 4.19. The van der Waals surface area contributed by atoms with Crippen LogP contribution in [0.15, 0.2) is 66.9 Å². The maximum absolute atomic E-state index is 6.14. The second-order valence-corrected chi connectivity index (χ2v) is 9.92. The quantitative estimate of drug-likeness (QED) is 0.356. The molecule has 6 heteroatoms. The molecule has 0 unspecified atom stereocenters. The fourth-order valence-electron chi connectivity index (χ4n) is 5.52. The first-order chi connectivity index (χ1) is 16.8. The van der Waals surface area contributed by atoms with Gasteiger partial charge in [0.2, 0.25) is 0 Å². The summed E-state index contributed by atoms with van der Waals surface area (Å²) in [7, 11) is 0. The lowest BCUT2D eigenvalue weighted by molar-refractivity contribution is 0.147. The number of anilines is 1. The van der Waals surface area contributed by atoms with Crippen molar-refractivity contribution in [3.05, 3.63) is 71.9 Å². The van der Waals surface area contributed by atoms with Gasteiger partial charge in [-0.2, -0.15) is 9.61 Å². The fraction of sp³-hybridized carbons (Fsp3) is 0.357. The van der Waals surface area contributed by atoms with Gasteiger partial charge in [0, 0.05) is 54.4 Å². The zero-order chi connectivity index (χ0) is 22.9.